The molecule has 2 aromatic rings. The number of methoxy groups -OCH3 is 4. The summed E-state index contributed by atoms with van der Waals surface area (Å²) in [6.45, 7) is 2.51. The Morgan fingerprint density at radius 1 is 0.893 bits per heavy atom. The summed E-state index contributed by atoms with van der Waals surface area (Å²) in [6, 6.07) is 9.50. The predicted molar refractivity (Wildman–Crippen MR) is 105 cm³/mol. The lowest BCUT2D eigenvalue weighted by molar-refractivity contribution is 0.0853. The van der Waals surface area contributed by atoms with Crippen LogP contribution in [0.1, 0.15) is 30.6 Å². The van der Waals surface area contributed by atoms with Crippen LogP contribution in [-0.4, -0.2) is 40.8 Å². The maximum absolute atomic E-state index is 5.69. The minimum atomic E-state index is -0.249. The van der Waals surface area contributed by atoms with Gasteiger partial charge >= 0.3 is 0 Å². The molecule has 0 bridgehead atoms. The van der Waals surface area contributed by atoms with Gasteiger partial charge in [0.15, 0.2) is 29.1 Å². The number of ether oxygens (including phenoxy) is 5. The van der Waals surface area contributed by atoms with Crippen LogP contribution in [0, 0.1) is 0 Å². The van der Waals surface area contributed by atoms with Crippen molar-refractivity contribution in [2.45, 2.75) is 19.4 Å². The van der Waals surface area contributed by atoms with Crippen molar-refractivity contribution >= 4 is 5.71 Å². The molecule has 7 nitrogen and oxygen atoms in total. The van der Waals surface area contributed by atoms with Crippen molar-refractivity contribution in [3.63, 3.8) is 0 Å². The van der Waals surface area contributed by atoms with E-state index in [1.54, 1.807) is 28.4 Å². The third-order valence-electron chi connectivity index (χ3n) is 4.52. The van der Waals surface area contributed by atoms with E-state index in [4.69, 9.17) is 28.5 Å². The fourth-order valence-corrected chi connectivity index (χ4v) is 3.14. The first-order valence-corrected chi connectivity index (χ1v) is 8.98. The number of hydrogen-bond acceptors (Lipinski definition) is 7. The van der Waals surface area contributed by atoms with Crippen LogP contribution in [0.25, 0.3) is 0 Å². The summed E-state index contributed by atoms with van der Waals surface area (Å²) in [5, 5.41) is 4.28. The molecule has 1 heterocycles. The third-order valence-corrected chi connectivity index (χ3v) is 4.52. The Kier molecular flexibility index (Phi) is 6.13. The first kappa shape index (κ1) is 19.7. The molecule has 0 spiro atoms. The van der Waals surface area contributed by atoms with Crippen molar-refractivity contribution in [2.75, 3.05) is 35.0 Å². The summed E-state index contributed by atoms with van der Waals surface area (Å²) in [6.07, 6.45) is 0.358. The molecule has 0 saturated heterocycles. The Morgan fingerprint density at radius 2 is 1.57 bits per heavy atom. The van der Waals surface area contributed by atoms with Crippen molar-refractivity contribution in [3.8, 4) is 28.7 Å². The van der Waals surface area contributed by atoms with Crippen LogP contribution in [0.4, 0.5) is 0 Å². The molecule has 0 radical (unpaired) electrons. The third kappa shape index (κ3) is 3.78. The van der Waals surface area contributed by atoms with E-state index in [9.17, 15) is 0 Å². The van der Waals surface area contributed by atoms with Crippen LogP contribution < -0.4 is 23.7 Å². The lowest BCUT2D eigenvalue weighted by Gasteiger charge is -2.16. The Bertz CT molecular complexity index is 839. The first-order valence-electron chi connectivity index (χ1n) is 8.98. The van der Waals surface area contributed by atoms with Gasteiger partial charge in [-0.05, 0) is 37.3 Å². The molecular formula is C21H25NO6. The van der Waals surface area contributed by atoms with E-state index in [1.807, 2.05) is 37.3 Å². The average molecular weight is 387 g/mol. The lowest BCUT2D eigenvalue weighted by atomic mass is 9.99. The van der Waals surface area contributed by atoms with E-state index >= 15 is 0 Å². The highest BCUT2D eigenvalue weighted by Gasteiger charge is 2.27. The topological polar surface area (TPSA) is 67.7 Å². The van der Waals surface area contributed by atoms with E-state index in [0.717, 1.165) is 16.8 Å². The molecule has 1 atom stereocenters. The Hall–Kier alpha value is -3.09. The van der Waals surface area contributed by atoms with E-state index in [0.29, 0.717) is 41.8 Å². The molecule has 1 unspecified atom stereocenters. The standard InChI is InChI=1S/C21H25NO6/c1-6-27-16-8-7-13(9-18(16)23-2)15-12-17(28-22-15)14-10-19(24-3)21(26-5)20(11-14)25-4/h7-11,17H,6,12H2,1-5H3. The normalized spacial score (nSPS) is 15.5. The molecule has 0 aromatic heterocycles. The lowest BCUT2D eigenvalue weighted by Crippen LogP contribution is -2.04. The summed E-state index contributed by atoms with van der Waals surface area (Å²) in [5.74, 6) is 3.07. The second-order valence-corrected chi connectivity index (χ2v) is 6.09. The molecule has 3 rings (SSSR count). The van der Waals surface area contributed by atoms with Crippen LogP contribution in [0.15, 0.2) is 35.5 Å². The maximum atomic E-state index is 5.69. The van der Waals surface area contributed by atoms with E-state index in [2.05, 4.69) is 5.16 Å². The number of rotatable bonds is 8. The van der Waals surface area contributed by atoms with E-state index < -0.39 is 0 Å². The summed E-state index contributed by atoms with van der Waals surface area (Å²) in [4.78, 5) is 5.69. The van der Waals surface area contributed by atoms with Gasteiger partial charge < -0.3 is 28.5 Å². The highest BCUT2D eigenvalue weighted by molar-refractivity contribution is 6.01. The highest BCUT2D eigenvalue weighted by atomic mass is 16.6. The Balaban J connectivity index is 1.84. The molecule has 0 amide bonds. The molecular weight excluding hydrogens is 362 g/mol. The number of nitrogens with zero attached hydrogens (tertiary/aromatic N) is 1. The molecule has 0 saturated carbocycles. The number of hydrogen-bond donors (Lipinski definition) is 0. The Labute approximate surface area is 164 Å². The fourth-order valence-electron chi connectivity index (χ4n) is 3.14. The maximum Gasteiger partial charge on any atom is 0.203 e. The second-order valence-electron chi connectivity index (χ2n) is 6.09. The van der Waals surface area contributed by atoms with Gasteiger partial charge in [0, 0.05) is 17.5 Å². The fraction of sp³-hybridized carbons (Fsp3) is 0.381. The van der Waals surface area contributed by atoms with Gasteiger partial charge in [-0.2, -0.15) is 0 Å². The highest BCUT2D eigenvalue weighted by Crippen LogP contribution is 2.42. The van der Waals surface area contributed by atoms with Gasteiger partial charge in [-0.15, -0.1) is 0 Å². The van der Waals surface area contributed by atoms with Crippen molar-refractivity contribution in [3.05, 3.63) is 41.5 Å². The van der Waals surface area contributed by atoms with E-state index in [-0.39, 0.29) is 6.10 Å². The van der Waals surface area contributed by atoms with Gasteiger partial charge in [-0.3, -0.25) is 0 Å². The molecule has 0 N–H and O–H groups in total. The van der Waals surface area contributed by atoms with Gasteiger partial charge in [0.05, 0.1) is 40.8 Å². The molecule has 150 valence electrons. The van der Waals surface area contributed by atoms with Crippen molar-refractivity contribution < 1.29 is 28.5 Å². The summed E-state index contributed by atoms with van der Waals surface area (Å²) in [7, 11) is 6.37. The van der Waals surface area contributed by atoms with Crippen molar-refractivity contribution in [2.24, 2.45) is 5.16 Å². The van der Waals surface area contributed by atoms with Crippen LogP contribution in [-0.2, 0) is 4.84 Å². The quantitative estimate of drug-likeness (QED) is 0.682. The number of benzene rings is 2. The van der Waals surface area contributed by atoms with E-state index in [1.165, 1.54) is 0 Å². The molecule has 28 heavy (non-hydrogen) atoms. The molecule has 0 fully saturated rings. The van der Waals surface area contributed by atoms with Crippen LogP contribution in [0.3, 0.4) is 0 Å². The average Bonchev–Trinajstić information content (AvgIpc) is 3.23. The Morgan fingerprint density at radius 3 is 2.14 bits per heavy atom. The molecule has 1 aliphatic heterocycles. The van der Waals surface area contributed by atoms with Gasteiger partial charge in [-0.25, -0.2) is 0 Å². The summed E-state index contributed by atoms with van der Waals surface area (Å²) >= 11 is 0. The molecule has 2 aromatic carbocycles. The van der Waals surface area contributed by atoms with Gasteiger partial charge in [0.1, 0.15) is 0 Å². The minimum Gasteiger partial charge on any atom is -0.493 e. The first-order chi connectivity index (χ1) is 13.6. The largest absolute Gasteiger partial charge is 0.493 e. The number of oxime groups is 1. The van der Waals surface area contributed by atoms with Crippen molar-refractivity contribution in [1.82, 2.24) is 0 Å². The van der Waals surface area contributed by atoms with Gasteiger partial charge in [0.2, 0.25) is 5.75 Å². The molecule has 7 heteroatoms. The zero-order valence-electron chi connectivity index (χ0n) is 16.8. The zero-order chi connectivity index (χ0) is 20.1. The molecule has 0 aliphatic carbocycles. The smallest absolute Gasteiger partial charge is 0.203 e. The van der Waals surface area contributed by atoms with Crippen LogP contribution >= 0.6 is 0 Å². The minimum absolute atomic E-state index is 0.249. The molecule has 1 aliphatic rings. The SMILES string of the molecule is CCOc1ccc(C2=NOC(c3cc(OC)c(OC)c(OC)c3)C2)cc1OC. The summed E-state index contributed by atoms with van der Waals surface area (Å²) in [5.41, 5.74) is 2.65. The monoisotopic (exact) mass is 387 g/mol. The van der Waals surface area contributed by atoms with Crippen LogP contribution in [0.2, 0.25) is 0 Å². The van der Waals surface area contributed by atoms with Crippen molar-refractivity contribution in [1.29, 1.82) is 0 Å². The van der Waals surface area contributed by atoms with Gasteiger partial charge in [0.25, 0.3) is 0 Å². The summed E-state index contributed by atoms with van der Waals surface area (Å²) < 4.78 is 27.2. The second kappa shape index (κ2) is 8.73. The van der Waals surface area contributed by atoms with Crippen LogP contribution in [0.5, 0.6) is 28.7 Å². The zero-order valence-corrected chi connectivity index (χ0v) is 16.8. The predicted octanol–water partition coefficient (Wildman–Crippen LogP) is 3.99. The van der Waals surface area contributed by atoms with Gasteiger partial charge in [-0.1, -0.05) is 5.16 Å².